The number of carbonyl (C=O) groups excluding carboxylic acids is 1. The lowest BCUT2D eigenvalue weighted by atomic mass is 9.66. The summed E-state index contributed by atoms with van der Waals surface area (Å²) in [5.74, 6) is 0.972. The lowest BCUT2D eigenvalue weighted by Crippen LogP contribution is -2.26. The van der Waals surface area contributed by atoms with Crippen molar-refractivity contribution in [2.24, 2.45) is 5.41 Å². The van der Waals surface area contributed by atoms with Gasteiger partial charge in [-0.2, -0.15) is 5.26 Å². The Hall–Kier alpha value is -3.06. The van der Waals surface area contributed by atoms with E-state index in [9.17, 15) is 10.1 Å². The number of hydrogen-bond donors (Lipinski definition) is 0. The molecule has 2 aromatic carbocycles. The fourth-order valence-corrected chi connectivity index (χ4v) is 5.60. The zero-order valence-electron chi connectivity index (χ0n) is 22.7. The topological polar surface area (TPSA) is 59.3 Å². The van der Waals surface area contributed by atoms with E-state index in [0.29, 0.717) is 18.6 Å². The number of benzene rings is 2. The Morgan fingerprint density at radius 2 is 1.73 bits per heavy atom. The van der Waals surface area contributed by atoms with Gasteiger partial charge in [-0.1, -0.05) is 76.1 Å². The number of unbranched alkanes of at least 4 members (excludes halogenated alkanes) is 1. The van der Waals surface area contributed by atoms with E-state index in [2.05, 4.69) is 75.0 Å². The van der Waals surface area contributed by atoms with Gasteiger partial charge in [-0.15, -0.1) is 0 Å². The second-order valence-electron chi connectivity index (χ2n) is 10.5. The molecular weight excluding hydrogens is 458 g/mol. The smallest absolute Gasteiger partial charge is 0.330 e. The van der Waals surface area contributed by atoms with Gasteiger partial charge in [-0.25, -0.2) is 4.79 Å². The Kier molecular flexibility index (Phi) is 11.3. The molecular formula is C33H43NO3. The summed E-state index contributed by atoms with van der Waals surface area (Å²) in [6, 6.07) is 20.0. The highest BCUT2D eigenvalue weighted by Crippen LogP contribution is 2.46. The molecule has 0 aliphatic heterocycles. The van der Waals surface area contributed by atoms with E-state index in [1.54, 1.807) is 0 Å². The zero-order chi connectivity index (χ0) is 26.5. The molecule has 0 aromatic heterocycles. The zero-order valence-corrected chi connectivity index (χ0v) is 22.7. The molecule has 4 nitrogen and oxygen atoms in total. The van der Waals surface area contributed by atoms with Crippen LogP contribution in [-0.4, -0.2) is 18.7 Å². The van der Waals surface area contributed by atoms with Crippen molar-refractivity contribution in [1.29, 1.82) is 5.26 Å². The van der Waals surface area contributed by atoms with Gasteiger partial charge in [0.15, 0.2) is 0 Å². The number of hydrogen-bond acceptors (Lipinski definition) is 4. The first-order chi connectivity index (χ1) is 18.0. The average Bonchev–Trinajstić information content (AvgIpc) is 2.93. The van der Waals surface area contributed by atoms with Crippen LogP contribution in [0, 0.1) is 16.7 Å². The standard InChI is InChI=1S/C33H43NO3/c1-4-10-30(11-5-2)37-31-19-17-27(18-20-31)26-13-15-28(16-14-26)29-12-9-22-33(24-29,25-34)21-7-8-23-36-32(35)6-3/h6,13-20,29-30H,3-5,7-12,21-24H2,1-2H3. The second kappa shape index (κ2) is 14.6. The molecule has 2 aromatic rings. The van der Waals surface area contributed by atoms with Crippen LogP contribution in [0.4, 0.5) is 0 Å². The summed E-state index contributed by atoms with van der Waals surface area (Å²) >= 11 is 0. The molecule has 37 heavy (non-hydrogen) atoms. The van der Waals surface area contributed by atoms with Crippen LogP contribution in [0.1, 0.15) is 96.0 Å². The Bertz CT molecular complexity index is 1020. The van der Waals surface area contributed by atoms with Crippen molar-refractivity contribution >= 4 is 5.97 Å². The predicted molar refractivity (Wildman–Crippen MR) is 150 cm³/mol. The van der Waals surface area contributed by atoms with Gasteiger partial charge in [0.25, 0.3) is 0 Å². The second-order valence-corrected chi connectivity index (χ2v) is 10.5. The van der Waals surface area contributed by atoms with Gasteiger partial charge >= 0.3 is 5.97 Å². The van der Waals surface area contributed by atoms with Gasteiger partial charge in [-0.3, -0.25) is 0 Å². The molecule has 0 radical (unpaired) electrons. The van der Waals surface area contributed by atoms with Crippen LogP contribution in [0.15, 0.2) is 61.2 Å². The maximum Gasteiger partial charge on any atom is 0.330 e. The first-order valence-electron chi connectivity index (χ1n) is 14.1. The van der Waals surface area contributed by atoms with Crippen molar-refractivity contribution < 1.29 is 14.3 Å². The van der Waals surface area contributed by atoms with Crippen molar-refractivity contribution in [3.05, 3.63) is 66.7 Å². The third-order valence-electron chi connectivity index (χ3n) is 7.64. The summed E-state index contributed by atoms with van der Waals surface area (Å²) in [7, 11) is 0. The number of nitrogens with zero attached hydrogens (tertiary/aromatic N) is 1. The number of rotatable bonds is 14. The van der Waals surface area contributed by atoms with Crippen LogP contribution in [0.25, 0.3) is 11.1 Å². The van der Waals surface area contributed by atoms with Gasteiger partial charge < -0.3 is 9.47 Å². The summed E-state index contributed by atoms with van der Waals surface area (Å²) in [4.78, 5) is 11.2. The van der Waals surface area contributed by atoms with Crippen molar-refractivity contribution in [3.63, 3.8) is 0 Å². The van der Waals surface area contributed by atoms with Crippen molar-refractivity contribution in [1.82, 2.24) is 0 Å². The predicted octanol–water partition coefficient (Wildman–Crippen LogP) is 8.77. The lowest BCUT2D eigenvalue weighted by Gasteiger charge is -2.36. The highest BCUT2D eigenvalue weighted by molar-refractivity contribution is 5.81. The third kappa shape index (κ3) is 8.49. The van der Waals surface area contributed by atoms with Crippen molar-refractivity contribution in [2.45, 2.75) is 96.5 Å². The minimum absolute atomic E-state index is 0.284. The molecule has 0 spiro atoms. The Morgan fingerprint density at radius 3 is 2.32 bits per heavy atom. The summed E-state index contributed by atoms with van der Waals surface area (Å²) in [6.45, 7) is 8.22. The van der Waals surface area contributed by atoms with Gasteiger partial charge in [0.05, 0.1) is 24.2 Å². The highest BCUT2D eigenvalue weighted by Gasteiger charge is 2.36. The molecule has 3 rings (SSSR count). The molecule has 0 bridgehead atoms. The molecule has 0 heterocycles. The number of ether oxygens (including phenoxy) is 2. The van der Waals surface area contributed by atoms with Crippen molar-refractivity contribution in [2.75, 3.05) is 6.61 Å². The van der Waals surface area contributed by atoms with Crippen LogP contribution in [-0.2, 0) is 9.53 Å². The van der Waals surface area contributed by atoms with E-state index in [-0.39, 0.29) is 11.4 Å². The monoisotopic (exact) mass is 501 g/mol. The molecule has 1 saturated carbocycles. The van der Waals surface area contributed by atoms with Gasteiger partial charge in [0, 0.05) is 6.08 Å². The Labute approximate surface area is 223 Å². The number of carbonyl (C=O) groups is 1. The van der Waals surface area contributed by atoms with E-state index in [0.717, 1.165) is 76.4 Å². The first kappa shape index (κ1) is 28.5. The molecule has 2 unspecified atom stereocenters. The lowest BCUT2D eigenvalue weighted by molar-refractivity contribution is -0.137. The third-order valence-corrected chi connectivity index (χ3v) is 7.64. The van der Waals surface area contributed by atoms with Gasteiger partial charge in [0.1, 0.15) is 5.75 Å². The van der Waals surface area contributed by atoms with E-state index in [1.165, 1.54) is 22.8 Å². The van der Waals surface area contributed by atoms with Crippen molar-refractivity contribution in [3.8, 4) is 22.9 Å². The molecule has 198 valence electrons. The van der Waals surface area contributed by atoms with Gasteiger partial charge in [0.2, 0.25) is 0 Å². The fourth-order valence-electron chi connectivity index (χ4n) is 5.60. The Morgan fingerprint density at radius 1 is 1.08 bits per heavy atom. The summed E-state index contributed by atoms with van der Waals surface area (Å²) in [5, 5.41) is 10.1. The average molecular weight is 502 g/mol. The summed E-state index contributed by atoms with van der Waals surface area (Å²) < 4.78 is 11.3. The van der Waals surface area contributed by atoms with E-state index in [4.69, 9.17) is 9.47 Å². The van der Waals surface area contributed by atoms with E-state index >= 15 is 0 Å². The molecule has 1 aliphatic rings. The van der Waals surface area contributed by atoms with Crippen LogP contribution >= 0.6 is 0 Å². The fraction of sp³-hybridized carbons (Fsp3) is 0.515. The molecule has 4 heteroatoms. The molecule has 1 aliphatic carbocycles. The summed E-state index contributed by atoms with van der Waals surface area (Å²) in [5.41, 5.74) is 3.43. The van der Waals surface area contributed by atoms with Crippen LogP contribution in [0.3, 0.4) is 0 Å². The molecule has 0 saturated heterocycles. The quantitative estimate of drug-likeness (QED) is 0.147. The maximum atomic E-state index is 11.2. The molecule has 0 amide bonds. The van der Waals surface area contributed by atoms with E-state index < -0.39 is 0 Å². The van der Waals surface area contributed by atoms with Crippen LogP contribution in [0.2, 0.25) is 0 Å². The maximum absolute atomic E-state index is 11.2. The van der Waals surface area contributed by atoms with Gasteiger partial charge in [-0.05, 0) is 86.1 Å². The molecule has 2 atom stereocenters. The highest BCUT2D eigenvalue weighted by atomic mass is 16.5. The summed E-state index contributed by atoms with van der Waals surface area (Å²) in [6.07, 6.45) is 12.5. The first-order valence-corrected chi connectivity index (χ1v) is 14.1. The van der Waals surface area contributed by atoms with E-state index in [1.807, 2.05) is 0 Å². The minimum Gasteiger partial charge on any atom is -0.490 e. The number of esters is 1. The molecule has 0 N–H and O–H groups in total. The largest absolute Gasteiger partial charge is 0.490 e. The Balaban J connectivity index is 1.58. The van der Waals surface area contributed by atoms with Crippen LogP contribution in [0.5, 0.6) is 5.75 Å². The minimum atomic E-state index is -0.381. The normalized spacial score (nSPS) is 19.2. The van der Waals surface area contributed by atoms with Crippen LogP contribution < -0.4 is 4.74 Å². The number of nitriles is 1. The molecule has 1 fully saturated rings. The SMILES string of the molecule is C=CC(=O)OCCCCC1(C#N)CCCC(c2ccc(-c3ccc(OC(CCC)CCC)cc3)cc2)C1.